The van der Waals surface area contributed by atoms with Gasteiger partial charge in [0.2, 0.25) is 5.75 Å². The largest absolute Gasteiger partial charge is 0.493 e. The van der Waals surface area contributed by atoms with E-state index in [-0.39, 0.29) is 71.1 Å². The second kappa shape index (κ2) is 16.9. The summed E-state index contributed by atoms with van der Waals surface area (Å²) in [4.78, 5) is 42.1. The minimum absolute atomic E-state index is 0.0255. The molecule has 3 heterocycles. The van der Waals surface area contributed by atoms with Crippen molar-refractivity contribution in [2.45, 2.75) is 4.90 Å². The SMILES string of the molecule is COc1ccc(S(=O)(=O)Nc2ncnc(OCCOC(=O)Nc3cnccn3)c2Oc2ccccc2OC)cc1OCC(=O)N1CCOCC1. The van der Waals surface area contributed by atoms with Crippen LogP contribution in [0.1, 0.15) is 0 Å². The number of nitrogens with one attached hydrogen (secondary N) is 2. The Hall–Kier alpha value is -5.95. The topological polar surface area (TPSA) is 212 Å². The molecule has 1 aliphatic heterocycles. The van der Waals surface area contributed by atoms with Crippen molar-refractivity contribution < 1.29 is 51.2 Å². The molecular formula is C31H33N7O11S. The number of morpholine rings is 1. The molecule has 264 valence electrons. The van der Waals surface area contributed by atoms with E-state index < -0.39 is 16.1 Å². The summed E-state index contributed by atoms with van der Waals surface area (Å²) in [6, 6.07) is 10.5. The second-order valence-electron chi connectivity index (χ2n) is 10.0. The summed E-state index contributed by atoms with van der Waals surface area (Å²) in [5, 5.41) is 2.42. The molecule has 0 bridgehead atoms. The van der Waals surface area contributed by atoms with E-state index in [0.29, 0.717) is 32.1 Å². The fraction of sp³-hybridized carbons (Fsp3) is 0.290. The number of hydrogen-bond donors (Lipinski definition) is 2. The molecule has 19 heteroatoms. The molecule has 2 aromatic heterocycles. The maximum Gasteiger partial charge on any atom is 0.412 e. The van der Waals surface area contributed by atoms with Gasteiger partial charge in [-0.25, -0.2) is 23.2 Å². The number of aromatic nitrogens is 4. The van der Waals surface area contributed by atoms with Gasteiger partial charge in [0.15, 0.2) is 41.2 Å². The first kappa shape index (κ1) is 35.4. The molecule has 2 amide bonds. The summed E-state index contributed by atoms with van der Waals surface area (Å²) in [5.74, 6) is -0.0265. The molecule has 0 saturated carbocycles. The number of anilines is 2. The molecule has 18 nitrogen and oxygen atoms in total. The molecule has 2 N–H and O–H groups in total. The molecular weight excluding hydrogens is 678 g/mol. The number of nitrogens with zero attached hydrogens (tertiary/aromatic N) is 5. The summed E-state index contributed by atoms with van der Waals surface area (Å²) in [6.07, 6.45) is 4.45. The zero-order valence-corrected chi connectivity index (χ0v) is 27.8. The van der Waals surface area contributed by atoms with E-state index in [9.17, 15) is 18.0 Å². The highest BCUT2D eigenvalue weighted by atomic mass is 32.2. The molecule has 4 aromatic rings. The lowest BCUT2D eigenvalue weighted by molar-refractivity contribution is -0.137. The minimum atomic E-state index is -4.38. The number of carbonyl (C=O) groups excluding carboxylic acids is 2. The van der Waals surface area contributed by atoms with E-state index >= 15 is 0 Å². The molecule has 1 fully saturated rings. The lowest BCUT2D eigenvalue weighted by Gasteiger charge is -2.26. The van der Waals surface area contributed by atoms with Crippen LogP contribution in [0.4, 0.5) is 16.4 Å². The number of amides is 2. The van der Waals surface area contributed by atoms with Gasteiger partial charge in [-0.2, -0.15) is 4.98 Å². The van der Waals surface area contributed by atoms with Crippen LogP contribution in [0, 0.1) is 0 Å². The van der Waals surface area contributed by atoms with Gasteiger partial charge in [0.1, 0.15) is 19.5 Å². The summed E-state index contributed by atoms with van der Waals surface area (Å²) in [5.41, 5.74) is 0. The normalized spacial score (nSPS) is 12.7. The van der Waals surface area contributed by atoms with Gasteiger partial charge in [-0.05, 0) is 24.3 Å². The van der Waals surface area contributed by atoms with Crippen LogP contribution in [0.2, 0.25) is 0 Å². The van der Waals surface area contributed by atoms with Crippen molar-refractivity contribution in [1.29, 1.82) is 0 Å². The number of methoxy groups -OCH3 is 2. The van der Waals surface area contributed by atoms with Crippen molar-refractivity contribution in [3.05, 3.63) is 67.4 Å². The average Bonchev–Trinajstić information content (AvgIpc) is 3.14. The van der Waals surface area contributed by atoms with Crippen LogP contribution in [0.3, 0.4) is 0 Å². The van der Waals surface area contributed by atoms with Crippen LogP contribution < -0.4 is 33.7 Å². The van der Waals surface area contributed by atoms with Gasteiger partial charge in [-0.3, -0.25) is 19.8 Å². The van der Waals surface area contributed by atoms with Crippen LogP contribution in [0.5, 0.6) is 34.6 Å². The van der Waals surface area contributed by atoms with Crippen molar-refractivity contribution >= 4 is 33.7 Å². The Morgan fingerprint density at radius 3 is 2.40 bits per heavy atom. The van der Waals surface area contributed by atoms with E-state index in [1.54, 1.807) is 29.2 Å². The monoisotopic (exact) mass is 711 g/mol. The first-order valence-electron chi connectivity index (χ1n) is 14.9. The zero-order valence-electron chi connectivity index (χ0n) is 26.9. The molecule has 0 aliphatic carbocycles. The van der Waals surface area contributed by atoms with Crippen molar-refractivity contribution in [3.8, 4) is 34.6 Å². The van der Waals surface area contributed by atoms with E-state index in [0.717, 1.165) is 6.33 Å². The molecule has 1 saturated heterocycles. The van der Waals surface area contributed by atoms with E-state index in [2.05, 4.69) is 30.0 Å². The number of carbonyl (C=O) groups is 2. The predicted octanol–water partition coefficient (Wildman–Crippen LogP) is 2.74. The lowest BCUT2D eigenvalue weighted by Crippen LogP contribution is -2.43. The molecule has 50 heavy (non-hydrogen) atoms. The van der Waals surface area contributed by atoms with Crippen LogP contribution in [0.15, 0.2) is 72.3 Å². The summed E-state index contributed by atoms with van der Waals surface area (Å²) >= 11 is 0. The zero-order chi connectivity index (χ0) is 35.3. The van der Waals surface area contributed by atoms with Crippen molar-refractivity contribution in [3.63, 3.8) is 0 Å². The molecule has 0 radical (unpaired) electrons. The third-order valence-corrected chi connectivity index (χ3v) is 8.13. The standard InChI is InChI=1S/C31H33N7O11S/c1-43-22-5-3-4-6-24(22)49-28-29(34-20-35-30(28)46-15-16-47-31(40)36-26-18-32-9-10-33-26)37-50(41,42)21-7-8-23(44-2)25(17-21)48-19-27(39)38-11-13-45-14-12-38/h3-10,17-18,20H,11-16,19H2,1-2H3,(H,33,36,40)(H,34,35,37). The first-order chi connectivity index (χ1) is 24.3. The van der Waals surface area contributed by atoms with Gasteiger partial charge in [0.05, 0.1) is 38.5 Å². The van der Waals surface area contributed by atoms with E-state index in [1.807, 2.05) is 0 Å². The highest BCUT2D eigenvalue weighted by Gasteiger charge is 2.25. The fourth-order valence-corrected chi connectivity index (χ4v) is 5.41. The fourth-order valence-electron chi connectivity index (χ4n) is 4.38. The Morgan fingerprint density at radius 2 is 1.66 bits per heavy atom. The number of ether oxygens (including phenoxy) is 7. The quantitative estimate of drug-likeness (QED) is 0.170. The second-order valence-corrected chi connectivity index (χ2v) is 11.7. The maximum absolute atomic E-state index is 13.7. The Labute approximate surface area is 286 Å². The van der Waals surface area contributed by atoms with Crippen molar-refractivity contribution in [1.82, 2.24) is 24.8 Å². The summed E-state index contributed by atoms with van der Waals surface area (Å²) in [7, 11) is -1.55. The maximum atomic E-state index is 13.7. The third-order valence-electron chi connectivity index (χ3n) is 6.79. The average molecular weight is 712 g/mol. The van der Waals surface area contributed by atoms with E-state index in [4.69, 9.17) is 33.2 Å². The molecule has 1 aliphatic rings. The van der Waals surface area contributed by atoms with Gasteiger partial charge in [0, 0.05) is 31.5 Å². The molecule has 0 unspecified atom stereocenters. The van der Waals surface area contributed by atoms with Crippen LogP contribution >= 0.6 is 0 Å². The van der Waals surface area contributed by atoms with Crippen molar-refractivity contribution in [2.75, 3.05) is 70.4 Å². The van der Waals surface area contributed by atoms with Gasteiger partial charge in [-0.15, -0.1) is 0 Å². The molecule has 0 spiro atoms. The number of hydrogen-bond acceptors (Lipinski definition) is 15. The lowest BCUT2D eigenvalue weighted by atomic mass is 10.3. The Morgan fingerprint density at radius 1 is 0.900 bits per heavy atom. The van der Waals surface area contributed by atoms with E-state index in [1.165, 1.54) is 51.0 Å². The number of benzene rings is 2. The van der Waals surface area contributed by atoms with Crippen LogP contribution in [-0.2, 0) is 24.3 Å². The number of sulfonamides is 1. The molecule has 5 rings (SSSR count). The summed E-state index contributed by atoms with van der Waals surface area (Å²) in [6.45, 7) is 0.908. The van der Waals surface area contributed by atoms with Gasteiger partial charge < -0.3 is 38.1 Å². The van der Waals surface area contributed by atoms with Gasteiger partial charge in [0.25, 0.3) is 21.8 Å². The van der Waals surface area contributed by atoms with Crippen LogP contribution in [-0.4, -0.2) is 106 Å². The van der Waals surface area contributed by atoms with Crippen LogP contribution in [0.25, 0.3) is 0 Å². The Balaban J connectivity index is 1.34. The van der Waals surface area contributed by atoms with Gasteiger partial charge in [-0.1, -0.05) is 12.1 Å². The number of rotatable bonds is 15. The Kier molecular flexibility index (Phi) is 12.0. The highest BCUT2D eigenvalue weighted by Crippen LogP contribution is 2.40. The molecule has 2 aromatic carbocycles. The Bertz CT molecular complexity index is 1880. The number of para-hydroxylation sites is 2. The minimum Gasteiger partial charge on any atom is -0.493 e. The highest BCUT2D eigenvalue weighted by molar-refractivity contribution is 7.92. The first-order valence-corrected chi connectivity index (χ1v) is 16.4. The van der Waals surface area contributed by atoms with Gasteiger partial charge >= 0.3 is 6.09 Å². The van der Waals surface area contributed by atoms with Crippen molar-refractivity contribution in [2.24, 2.45) is 0 Å². The summed E-state index contributed by atoms with van der Waals surface area (Å²) < 4.78 is 68.4. The third kappa shape index (κ3) is 9.35. The molecule has 0 atom stereocenters. The smallest absolute Gasteiger partial charge is 0.412 e. The predicted molar refractivity (Wildman–Crippen MR) is 174 cm³/mol.